The zero-order valence-corrected chi connectivity index (χ0v) is 12.9. The van der Waals surface area contributed by atoms with E-state index in [1.807, 2.05) is 13.8 Å². The number of hydrogen-bond donors (Lipinski definition) is 3. The molecule has 1 aromatic rings. The van der Waals surface area contributed by atoms with Crippen LogP contribution in [0.15, 0.2) is 0 Å². The summed E-state index contributed by atoms with van der Waals surface area (Å²) in [6.07, 6.45) is 4.82. The lowest BCUT2D eigenvalue weighted by Gasteiger charge is -2.30. The van der Waals surface area contributed by atoms with Gasteiger partial charge in [0.25, 0.3) is 0 Å². The molecule has 5 nitrogen and oxygen atoms in total. The van der Waals surface area contributed by atoms with Gasteiger partial charge in [-0.05, 0) is 56.9 Å². The normalized spacial score (nSPS) is 30.8. The molecule has 2 bridgehead atoms. The quantitative estimate of drug-likeness (QED) is 0.769. The molecule has 2 fully saturated rings. The van der Waals surface area contributed by atoms with Crippen LogP contribution < -0.4 is 5.32 Å². The summed E-state index contributed by atoms with van der Waals surface area (Å²) in [5, 5.41) is 19.9. The molecule has 1 aromatic heterocycles. The number of nitrogens with zero attached hydrogens (tertiary/aromatic N) is 1. The van der Waals surface area contributed by atoms with Crippen molar-refractivity contribution in [2.75, 3.05) is 6.61 Å². The van der Waals surface area contributed by atoms with Crippen molar-refractivity contribution in [1.82, 2.24) is 15.5 Å². The van der Waals surface area contributed by atoms with Gasteiger partial charge in [-0.25, -0.2) is 0 Å². The summed E-state index contributed by atoms with van der Waals surface area (Å²) < 4.78 is 0. The van der Waals surface area contributed by atoms with Crippen LogP contribution in [0.2, 0.25) is 0 Å². The first-order valence-electron chi connectivity index (χ1n) is 8.00. The summed E-state index contributed by atoms with van der Waals surface area (Å²) in [4.78, 5) is 12.2. The average molecular weight is 291 g/mol. The third-order valence-electron chi connectivity index (χ3n) is 5.51. The molecule has 1 heterocycles. The number of aromatic amines is 1. The first kappa shape index (κ1) is 14.6. The van der Waals surface area contributed by atoms with Gasteiger partial charge < -0.3 is 10.4 Å². The molecule has 21 heavy (non-hydrogen) atoms. The predicted molar refractivity (Wildman–Crippen MR) is 79.7 cm³/mol. The second-order valence-corrected chi connectivity index (χ2v) is 6.69. The van der Waals surface area contributed by atoms with E-state index in [0.29, 0.717) is 18.3 Å². The Balaban J connectivity index is 1.55. The summed E-state index contributed by atoms with van der Waals surface area (Å²) in [5.74, 6) is 1.56. The van der Waals surface area contributed by atoms with E-state index in [2.05, 4.69) is 15.5 Å². The molecule has 0 aromatic carbocycles. The second-order valence-electron chi connectivity index (χ2n) is 6.69. The van der Waals surface area contributed by atoms with Gasteiger partial charge in [0.2, 0.25) is 5.91 Å². The molecule has 0 radical (unpaired) electrons. The largest absolute Gasteiger partial charge is 0.396 e. The van der Waals surface area contributed by atoms with Crippen LogP contribution in [0, 0.1) is 31.6 Å². The minimum Gasteiger partial charge on any atom is -0.396 e. The Hall–Kier alpha value is -1.36. The number of carbonyl (C=O) groups is 1. The predicted octanol–water partition coefficient (Wildman–Crippen LogP) is 1.48. The van der Waals surface area contributed by atoms with Gasteiger partial charge >= 0.3 is 0 Å². The average Bonchev–Trinajstić information content (AvgIpc) is 3.13. The maximum absolute atomic E-state index is 12.2. The van der Waals surface area contributed by atoms with Crippen LogP contribution in [0.3, 0.4) is 0 Å². The van der Waals surface area contributed by atoms with Crippen LogP contribution in [0.1, 0.15) is 42.6 Å². The smallest absolute Gasteiger partial charge is 0.220 e. The maximum atomic E-state index is 12.2. The van der Waals surface area contributed by atoms with E-state index in [9.17, 15) is 9.90 Å². The van der Waals surface area contributed by atoms with Crippen LogP contribution in [-0.2, 0) is 11.2 Å². The van der Waals surface area contributed by atoms with Crippen LogP contribution in [0.5, 0.6) is 0 Å². The topological polar surface area (TPSA) is 78.0 Å². The fourth-order valence-electron chi connectivity index (χ4n) is 4.34. The van der Waals surface area contributed by atoms with Crippen LogP contribution >= 0.6 is 0 Å². The standard InChI is InChI=1S/C16H25N3O2/c1-9-13(10(2)19-18-9)5-6-15(21)17-16-12-4-3-11(7-12)14(16)8-20/h11-12,14,16,20H,3-8H2,1-2H3,(H,17,21)(H,18,19). The molecule has 0 saturated heterocycles. The summed E-state index contributed by atoms with van der Waals surface area (Å²) in [6, 6.07) is 0.188. The molecule has 0 spiro atoms. The molecule has 2 saturated carbocycles. The van der Waals surface area contributed by atoms with Gasteiger partial charge in [-0.1, -0.05) is 0 Å². The third kappa shape index (κ3) is 2.71. The second kappa shape index (κ2) is 5.79. The van der Waals surface area contributed by atoms with Gasteiger partial charge in [0, 0.05) is 30.7 Å². The Morgan fingerprint density at radius 2 is 2.14 bits per heavy atom. The summed E-state index contributed by atoms with van der Waals surface area (Å²) in [6.45, 7) is 4.16. The number of aliphatic hydroxyl groups is 1. The molecule has 116 valence electrons. The Labute approximate surface area is 125 Å². The Bertz CT molecular complexity index is 506. The van der Waals surface area contributed by atoms with Gasteiger partial charge in [0.05, 0.1) is 5.69 Å². The van der Waals surface area contributed by atoms with Crippen molar-refractivity contribution in [3.63, 3.8) is 0 Å². The number of fused-ring (bicyclic) bond motifs is 2. The maximum Gasteiger partial charge on any atom is 0.220 e. The molecule has 4 unspecified atom stereocenters. The Morgan fingerprint density at radius 3 is 2.81 bits per heavy atom. The molecule has 1 amide bonds. The SMILES string of the molecule is Cc1n[nH]c(C)c1CCC(=O)NC1C2CCC(C2)C1CO. The number of hydrogen-bond acceptors (Lipinski definition) is 3. The first-order valence-corrected chi connectivity index (χ1v) is 8.00. The highest BCUT2D eigenvalue weighted by atomic mass is 16.3. The van der Waals surface area contributed by atoms with E-state index in [1.165, 1.54) is 19.3 Å². The number of rotatable bonds is 5. The van der Waals surface area contributed by atoms with Crippen molar-refractivity contribution < 1.29 is 9.90 Å². The van der Waals surface area contributed by atoms with Crippen molar-refractivity contribution in [3.8, 4) is 0 Å². The lowest BCUT2D eigenvalue weighted by Crippen LogP contribution is -2.45. The van der Waals surface area contributed by atoms with E-state index >= 15 is 0 Å². The molecule has 2 aliphatic carbocycles. The van der Waals surface area contributed by atoms with E-state index in [-0.39, 0.29) is 24.5 Å². The molecule has 0 aliphatic heterocycles. The number of aromatic nitrogens is 2. The summed E-state index contributed by atoms with van der Waals surface area (Å²) in [5.41, 5.74) is 3.18. The Kier molecular flexibility index (Phi) is 4.02. The minimum absolute atomic E-state index is 0.103. The minimum atomic E-state index is 0.103. The summed E-state index contributed by atoms with van der Waals surface area (Å²) in [7, 11) is 0. The fourth-order valence-corrected chi connectivity index (χ4v) is 4.34. The van der Waals surface area contributed by atoms with Crippen LogP contribution in [-0.4, -0.2) is 33.9 Å². The van der Waals surface area contributed by atoms with Crippen molar-refractivity contribution in [1.29, 1.82) is 0 Å². The van der Waals surface area contributed by atoms with Gasteiger partial charge in [0.1, 0.15) is 0 Å². The van der Waals surface area contributed by atoms with Crippen LogP contribution in [0.25, 0.3) is 0 Å². The number of carbonyl (C=O) groups excluding carboxylic acids is 1. The first-order chi connectivity index (χ1) is 10.1. The van der Waals surface area contributed by atoms with Crippen molar-refractivity contribution in [3.05, 3.63) is 17.0 Å². The highest BCUT2D eigenvalue weighted by molar-refractivity contribution is 5.76. The summed E-state index contributed by atoms with van der Waals surface area (Å²) >= 11 is 0. The molecule has 5 heteroatoms. The van der Waals surface area contributed by atoms with Crippen molar-refractivity contribution in [2.45, 2.75) is 52.0 Å². The lowest BCUT2D eigenvalue weighted by atomic mass is 9.85. The monoisotopic (exact) mass is 291 g/mol. The molecule has 2 aliphatic rings. The zero-order valence-electron chi connectivity index (χ0n) is 12.9. The zero-order chi connectivity index (χ0) is 15.0. The molecular weight excluding hydrogens is 266 g/mol. The lowest BCUT2D eigenvalue weighted by molar-refractivity contribution is -0.122. The number of aryl methyl sites for hydroxylation is 2. The number of aliphatic hydroxyl groups excluding tert-OH is 1. The molecule has 4 atom stereocenters. The van der Waals surface area contributed by atoms with Crippen molar-refractivity contribution >= 4 is 5.91 Å². The third-order valence-corrected chi connectivity index (χ3v) is 5.51. The van der Waals surface area contributed by atoms with E-state index < -0.39 is 0 Å². The van der Waals surface area contributed by atoms with Gasteiger partial charge in [-0.15, -0.1) is 0 Å². The van der Waals surface area contributed by atoms with Crippen LogP contribution in [0.4, 0.5) is 0 Å². The number of H-pyrrole nitrogens is 1. The highest BCUT2D eigenvalue weighted by Gasteiger charge is 2.47. The van der Waals surface area contributed by atoms with Gasteiger partial charge in [-0.3, -0.25) is 9.89 Å². The van der Waals surface area contributed by atoms with Gasteiger partial charge in [0.15, 0.2) is 0 Å². The van der Waals surface area contributed by atoms with E-state index in [4.69, 9.17) is 0 Å². The molecule has 3 N–H and O–H groups in total. The van der Waals surface area contributed by atoms with Gasteiger partial charge in [-0.2, -0.15) is 5.10 Å². The van der Waals surface area contributed by atoms with E-state index in [1.54, 1.807) is 0 Å². The van der Waals surface area contributed by atoms with E-state index in [0.717, 1.165) is 23.4 Å². The number of amides is 1. The molecule has 3 rings (SSSR count). The number of nitrogens with one attached hydrogen (secondary N) is 2. The Morgan fingerprint density at radius 1 is 1.38 bits per heavy atom. The van der Waals surface area contributed by atoms with Crippen molar-refractivity contribution in [2.24, 2.45) is 17.8 Å². The molecular formula is C16H25N3O2. The highest BCUT2D eigenvalue weighted by Crippen LogP contribution is 2.48. The fraction of sp³-hybridized carbons (Fsp3) is 0.750.